The summed E-state index contributed by atoms with van der Waals surface area (Å²) >= 11 is 0. The molecule has 106 valence electrons. The molecule has 1 aromatic carbocycles. The third-order valence-corrected chi connectivity index (χ3v) is 6.00. The number of hydrogen-bond donors (Lipinski definition) is 0. The average Bonchev–Trinajstić information content (AvgIpc) is 2.26. The number of nitrogens with zero attached hydrogens (tertiary/aromatic N) is 1. The van der Waals surface area contributed by atoms with Crippen LogP contribution in [0.1, 0.15) is 30.5 Å². The van der Waals surface area contributed by atoms with Crippen molar-refractivity contribution in [2.45, 2.75) is 39.8 Å². The Labute approximate surface area is 116 Å². The molecular formula is C15H23NO2S. The lowest BCUT2D eigenvalue weighted by Crippen LogP contribution is -2.54. The quantitative estimate of drug-likeness (QED) is 0.835. The molecule has 1 fully saturated rings. The Bertz CT molecular complexity index is 576. The molecule has 2 rings (SSSR count). The third-order valence-electron chi connectivity index (χ3n) is 4.05. The SMILES string of the molecule is Cc1ccc(CN2CCS(=O)(=O)CC2(C)C)cc1C. The van der Waals surface area contributed by atoms with E-state index in [-0.39, 0.29) is 17.0 Å². The summed E-state index contributed by atoms with van der Waals surface area (Å²) in [4.78, 5) is 2.28. The van der Waals surface area contributed by atoms with E-state index in [1.807, 2.05) is 13.8 Å². The molecule has 0 atom stereocenters. The molecule has 1 aromatic rings. The Hall–Kier alpha value is -0.870. The van der Waals surface area contributed by atoms with Gasteiger partial charge >= 0.3 is 0 Å². The molecule has 4 heteroatoms. The van der Waals surface area contributed by atoms with Gasteiger partial charge in [0.2, 0.25) is 0 Å². The summed E-state index contributed by atoms with van der Waals surface area (Å²) in [6, 6.07) is 6.48. The number of hydrogen-bond acceptors (Lipinski definition) is 3. The van der Waals surface area contributed by atoms with Crippen LogP contribution in [0.25, 0.3) is 0 Å². The van der Waals surface area contributed by atoms with Crippen molar-refractivity contribution >= 4 is 9.84 Å². The van der Waals surface area contributed by atoms with E-state index in [0.29, 0.717) is 6.54 Å². The van der Waals surface area contributed by atoms with Crippen molar-refractivity contribution in [3.63, 3.8) is 0 Å². The van der Waals surface area contributed by atoms with Crippen molar-refractivity contribution in [1.82, 2.24) is 4.90 Å². The van der Waals surface area contributed by atoms with E-state index in [4.69, 9.17) is 0 Å². The van der Waals surface area contributed by atoms with Gasteiger partial charge in [0.05, 0.1) is 11.5 Å². The van der Waals surface area contributed by atoms with Gasteiger partial charge in [0.1, 0.15) is 0 Å². The second-order valence-electron chi connectivity index (χ2n) is 6.24. The van der Waals surface area contributed by atoms with Gasteiger partial charge in [-0.3, -0.25) is 4.90 Å². The highest BCUT2D eigenvalue weighted by Crippen LogP contribution is 2.25. The van der Waals surface area contributed by atoms with Crippen LogP contribution in [0.4, 0.5) is 0 Å². The van der Waals surface area contributed by atoms with E-state index in [1.165, 1.54) is 16.7 Å². The lowest BCUT2D eigenvalue weighted by Gasteiger charge is -2.42. The molecule has 0 saturated carbocycles. The van der Waals surface area contributed by atoms with E-state index < -0.39 is 9.84 Å². The molecule has 0 unspecified atom stereocenters. The zero-order valence-corrected chi connectivity index (χ0v) is 13.0. The largest absolute Gasteiger partial charge is 0.292 e. The Balaban J connectivity index is 2.17. The molecular weight excluding hydrogens is 258 g/mol. The Kier molecular flexibility index (Phi) is 3.76. The fourth-order valence-corrected chi connectivity index (χ4v) is 4.57. The smallest absolute Gasteiger partial charge is 0.153 e. The summed E-state index contributed by atoms with van der Waals surface area (Å²) in [5.41, 5.74) is 3.57. The molecule has 0 bridgehead atoms. The van der Waals surface area contributed by atoms with Crippen molar-refractivity contribution in [1.29, 1.82) is 0 Å². The summed E-state index contributed by atoms with van der Waals surface area (Å²) in [5.74, 6) is 0.534. The van der Waals surface area contributed by atoms with Crippen molar-refractivity contribution in [3.05, 3.63) is 34.9 Å². The van der Waals surface area contributed by atoms with Crippen molar-refractivity contribution < 1.29 is 8.42 Å². The predicted octanol–water partition coefficient (Wildman–Crippen LogP) is 2.31. The normalized spacial score (nSPS) is 22.3. The van der Waals surface area contributed by atoms with Gasteiger partial charge < -0.3 is 0 Å². The topological polar surface area (TPSA) is 37.4 Å². The van der Waals surface area contributed by atoms with Crippen LogP contribution >= 0.6 is 0 Å². The van der Waals surface area contributed by atoms with Gasteiger partial charge in [0.25, 0.3) is 0 Å². The summed E-state index contributed by atoms with van der Waals surface area (Å²) < 4.78 is 23.5. The zero-order valence-electron chi connectivity index (χ0n) is 12.2. The monoisotopic (exact) mass is 281 g/mol. The molecule has 0 aliphatic carbocycles. The minimum absolute atomic E-state index is 0.255. The maximum Gasteiger partial charge on any atom is 0.153 e. The second-order valence-corrected chi connectivity index (χ2v) is 8.43. The van der Waals surface area contributed by atoms with E-state index in [0.717, 1.165) is 6.54 Å². The number of aryl methyl sites for hydroxylation is 2. The number of sulfone groups is 1. The van der Waals surface area contributed by atoms with Gasteiger partial charge in [0, 0.05) is 18.6 Å². The standard InChI is InChI=1S/C15H23NO2S/c1-12-5-6-14(9-13(12)2)10-16-7-8-19(17,18)11-15(16,3)4/h5-6,9H,7-8,10-11H2,1-4H3. The minimum atomic E-state index is -2.87. The maximum absolute atomic E-state index is 11.7. The molecule has 0 radical (unpaired) electrons. The van der Waals surface area contributed by atoms with Crippen LogP contribution in [0.2, 0.25) is 0 Å². The van der Waals surface area contributed by atoms with Gasteiger partial charge in [-0.25, -0.2) is 8.42 Å². The van der Waals surface area contributed by atoms with Gasteiger partial charge in [-0.2, -0.15) is 0 Å². The van der Waals surface area contributed by atoms with Crippen LogP contribution in [0.5, 0.6) is 0 Å². The van der Waals surface area contributed by atoms with Crippen LogP contribution in [0.3, 0.4) is 0 Å². The van der Waals surface area contributed by atoms with Gasteiger partial charge in [-0.05, 0) is 44.4 Å². The molecule has 0 N–H and O–H groups in total. The first-order chi connectivity index (χ1) is 8.70. The highest BCUT2D eigenvalue weighted by Gasteiger charge is 2.37. The van der Waals surface area contributed by atoms with Crippen LogP contribution in [0.15, 0.2) is 18.2 Å². The summed E-state index contributed by atoms with van der Waals surface area (Å²) in [7, 11) is -2.87. The predicted molar refractivity (Wildman–Crippen MR) is 79.1 cm³/mol. The van der Waals surface area contributed by atoms with Crippen LogP contribution in [-0.4, -0.2) is 36.9 Å². The zero-order chi connectivity index (χ0) is 14.3. The highest BCUT2D eigenvalue weighted by molar-refractivity contribution is 7.91. The maximum atomic E-state index is 11.7. The van der Waals surface area contributed by atoms with E-state index in [2.05, 4.69) is 36.9 Å². The van der Waals surface area contributed by atoms with Crippen molar-refractivity contribution in [2.75, 3.05) is 18.1 Å². The fourth-order valence-electron chi connectivity index (χ4n) is 2.67. The van der Waals surface area contributed by atoms with Gasteiger partial charge in [0.15, 0.2) is 9.84 Å². The molecule has 0 spiro atoms. The van der Waals surface area contributed by atoms with Crippen LogP contribution in [0, 0.1) is 13.8 Å². The number of rotatable bonds is 2. The summed E-state index contributed by atoms with van der Waals surface area (Å²) in [6.45, 7) is 9.71. The second kappa shape index (κ2) is 4.91. The van der Waals surface area contributed by atoms with Crippen molar-refractivity contribution in [2.24, 2.45) is 0 Å². The molecule has 0 aromatic heterocycles. The first-order valence-electron chi connectivity index (χ1n) is 6.71. The first kappa shape index (κ1) is 14.5. The number of benzene rings is 1. The molecule has 0 amide bonds. The Morgan fingerprint density at radius 1 is 1.21 bits per heavy atom. The molecule has 1 aliphatic rings. The molecule has 1 saturated heterocycles. The van der Waals surface area contributed by atoms with E-state index in [1.54, 1.807) is 0 Å². The molecule has 1 aliphatic heterocycles. The van der Waals surface area contributed by atoms with Crippen molar-refractivity contribution in [3.8, 4) is 0 Å². The fraction of sp³-hybridized carbons (Fsp3) is 0.600. The highest BCUT2D eigenvalue weighted by atomic mass is 32.2. The first-order valence-corrected chi connectivity index (χ1v) is 8.53. The van der Waals surface area contributed by atoms with Crippen LogP contribution in [-0.2, 0) is 16.4 Å². The summed E-state index contributed by atoms with van der Waals surface area (Å²) in [5, 5.41) is 0. The lowest BCUT2D eigenvalue weighted by atomic mass is 10.0. The third kappa shape index (κ3) is 3.37. The Morgan fingerprint density at radius 3 is 2.47 bits per heavy atom. The summed E-state index contributed by atoms with van der Waals surface area (Å²) in [6.07, 6.45) is 0. The lowest BCUT2D eigenvalue weighted by molar-refractivity contribution is 0.131. The van der Waals surface area contributed by atoms with Gasteiger partial charge in [-0.1, -0.05) is 18.2 Å². The van der Waals surface area contributed by atoms with E-state index >= 15 is 0 Å². The van der Waals surface area contributed by atoms with E-state index in [9.17, 15) is 8.42 Å². The van der Waals surface area contributed by atoms with Crippen LogP contribution < -0.4 is 0 Å². The minimum Gasteiger partial charge on any atom is -0.292 e. The molecule has 3 nitrogen and oxygen atoms in total. The average molecular weight is 281 g/mol. The molecule has 19 heavy (non-hydrogen) atoms. The van der Waals surface area contributed by atoms with Gasteiger partial charge in [-0.15, -0.1) is 0 Å². The Morgan fingerprint density at radius 2 is 1.89 bits per heavy atom. The molecule has 1 heterocycles.